The van der Waals surface area contributed by atoms with Gasteiger partial charge in [0.15, 0.2) is 11.6 Å². The van der Waals surface area contributed by atoms with Gasteiger partial charge >= 0.3 is 0 Å². The van der Waals surface area contributed by atoms with Crippen LogP contribution in [0.4, 0.5) is 4.39 Å². The monoisotopic (exact) mass is 287 g/mol. The molecule has 1 atom stereocenters. The number of ether oxygens (including phenoxy) is 2. The molecule has 21 heavy (non-hydrogen) atoms. The summed E-state index contributed by atoms with van der Waals surface area (Å²) in [6.07, 6.45) is 0.433. The van der Waals surface area contributed by atoms with Crippen molar-refractivity contribution >= 4 is 0 Å². The molecule has 2 aromatic carbocycles. The van der Waals surface area contributed by atoms with Gasteiger partial charge in [0.05, 0.1) is 20.3 Å². The predicted octanol–water partition coefficient (Wildman–Crippen LogP) is 3.11. The normalized spacial score (nSPS) is 14.8. The Morgan fingerprint density at radius 2 is 2.05 bits per heavy atom. The van der Waals surface area contributed by atoms with E-state index in [1.807, 2.05) is 12.1 Å². The molecule has 1 aliphatic rings. The van der Waals surface area contributed by atoms with Crippen molar-refractivity contribution in [1.29, 1.82) is 0 Å². The third kappa shape index (κ3) is 2.77. The number of hydrogen-bond donors (Lipinski definition) is 1. The van der Waals surface area contributed by atoms with Gasteiger partial charge in [-0.1, -0.05) is 30.3 Å². The number of benzene rings is 2. The Morgan fingerprint density at radius 3 is 2.86 bits per heavy atom. The highest BCUT2D eigenvalue weighted by atomic mass is 19.1. The molecule has 0 spiro atoms. The Morgan fingerprint density at radius 1 is 1.24 bits per heavy atom. The minimum absolute atomic E-state index is 0.252. The topological polar surface area (TPSA) is 44.5 Å². The summed E-state index contributed by atoms with van der Waals surface area (Å²) in [4.78, 5) is 0. The fraction of sp³-hybridized carbons (Fsp3) is 0.294. The minimum atomic E-state index is -0.333. The van der Waals surface area contributed by atoms with Crippen molar-refractivity contribution in [2.45, 2.75) is 25.7 Å². The van der Waals surface area contributed by atoms with E-state index in [9.17, 15) is 4.39 Å². The molecule has 4 heteroatoms. The Kier molecular flexibility index (Phi) is 3.90. The Bertz CT molecular complexity index is 657. The zero-order valence-electron chi connectivity index (χ0n) is 11.9. The number of fused-ring (bicyclic) bond motifs is 1. The molecule has 2 aromatic rings. The van der Waals surface area contributed by atoms with Crippen molar-refractivity contribution in [3.8, 4) is 5.75 Å². The van der Waals surface area contributed by atoms with Crippen molar-refractivity contribution in [1.82, 2.24) is 0 Å². The van der Waals surface area contributed by atoms with Crippen LogP contribution in [0.25, 0.3) is 0 Å². The van der Waals surface area contributed by atoms with Gasteiger partial charge in [0.25, 0.3) is 0 Å². The summed E-state index contributed by atoms with van der Waals surface area (Å²) in [7, 11) is 1.46. The van der Waals surface area contributed by atoms with Crippen LogP contribution in [0.5, 0.6) is 5.75 Å². The number of hydrogen-bond acceptors (Lipinski definition) is 3. The zero-order chi connectivity index (χ0) is 14.8. The van der Waals surface area contributed by atoms with Crippen LogP contribution >= 0.6 is 0 Å². The summed E-state index contributed by atoms with van der Waals surface area (Å²) in [5, 5.41) is 0. The molecule has 1 heterocycles. The van der Waals surface area contributed by atoms with Gasteiger partial charge in [-0.3, -0.25) is 0 Å². The molecule has 0 fully saturated rings. The van der Waals surface area contributed by atoms with Crippen molar-refractivity contribution in [3.05, 3.63) is 64.5 Å². The van der Waals surface area contributed by atoms with Crippen LogP contribution in [-0.4, -0.2) is 7.11 Å². The summed E-state index contributed by atoms with van der Waals surface area (Å²) in [6, 6.07) is 11.0. The van der Waals surface area contributed by atoms with E-state index in [4.69, 9.17) is 15.2 Å². The first kappa shape index (κ1) is 14.0. The molecule has 0 radical (unpaired) electrons. The summed E-state index contributed by atoms with van der Waals surface area (Å²) in [6.45, 7) is 1.29. The second kappa shape index (κ2) is 5.84. The molecular formula is C17H18FNO2. The molecule has 1 unspecified atom stereocenters. The maximum Gasteiger partial charge on any atom is 0.168 e. The lowest BCUT2D eigenvalue weighted by atomic mass is 9.96. The highest BCUT2D eigenvalue weighted by molar-refractivity contribution is 5.36. The van der Waals surface area contributed by atoms with Crippen LogP contribution in [0.2, 0.25) is 0 Å². The molecule has 0 aliphatic carbocycles. The summed E-state index contributed by atoms with van der Waals surface area (Å²) in [5.74, 6) is -0.0815. The van der Waals surface area contributed by atoms with Gasteiger partial charge in [-0.2, -0.15) is 0 Å². The quantitative estimate of drug-likeness (QED) is 0.939. The van der Waals surface area contributed by atoms with Gasteiger partial charge < -0.3 is 15.2 Å². The van der Waals surface area contributed by atoms with Crippen molar-refractivity contribution in [2.75, 3.05) is 7.11 Å². The largest absolute Gasteiger partial charge is 0.494 e. The highest BCUT2D eigenvalue weighted by Crippen LogP contribution is 2.27. The van der Waals surface area contributed by atoms with Crippen LogP contribution in [0.1, 0.15) is 28.3 Å². The average Bonchev–Trinajstić information content (AvgIpc) is 2.96. The molecule has 3 rings (SSSR count). The van der Waals surface area contributed by atoms with Crippen LogP contribution < -0.4 is 10.5 Å². The molecule has 0 saturated heterocycles. The minimum Gasteiger partial charge on any atom is -0.494 e. The first-order valence-corrected chi connectivity index (χ1v) is 6.95. The lowest BCUT2D eigenvalue weighted by molar-refractivity contribution is 0.134. The molecule has 2 N–H and O–H groups in total. The smallest absolute Gasteiger partial charge is 0.168 e. The molecular weight excluding hydrogens is 269 g/mol. The van der Waals surface area contributed by atoms with Gasteiger partial charge in [0.2, 0.25) is 0 Å². The molecule has 1 aliphatic heterocycles. The maximum atomic E-state index is 14.2. The van der Waals surface area contributed by atoms with E-state index in [1.54, 1.807) is 18.2 Å². The molecule has 0 bridgehead atoms. The summed E-state index contributed by atoms with van der Waals surface area (Å²) < 4.78 is 24.6. The van der Waals surface area contributed by atoms with Crippen molar-refractivity contribution < 1.29 is 13.9 Å². The van der Waals surface area contributed by atoms with Crippen molar-refractivity contribution in [3.63, 3.8) is 0 Å². The number of rotatable bonds is 4. The molecule has 0 amide bonds. The van der Waals surface area contributed by atoms with Gasteiger partial charge in [-0.15, -0.1) is 0 Å². The fourth-order valence-electron chi connectivity index (χ4n) is 2.65. The highest BCUT2D eigenvalue weighted by Gasteiger charge is 2.16. The Hall–Kier alpha value is -1.91. The summed E-state index contributed by atoms with van der Waals surface area (Å²) in [5.41, 5.74) is 10.2. The first-order chi connectivity index (χ1) is 10.2. The zero-order valence-corrected chi connectivity index (χ0v) is 11.9. The average molecular weight is 287 g/mol. The second-order valence-corrected chi connectivity index (χ2v) is 5.26. The van der Waals surface area contributed by atoms with Crippen LogP contribution in [0.15, 0.2) is 36.4 Å². The molecule has 0 aromatic heterocycles. The number of methoxy groups -OCH3 is 1. The van der Waals surface area contributed by atoms with Crippen LogP contribution in [0.3, 0.4) is 0 Å². The standard InChI is InChI=1S/C17H18FNO2/c1-20-16-4-2-3-12(17(16)18)8-15(19)11-5-6-13-9-21-10-14(13)7-11/h2-7,15H,8-10,19H2,1H3. The third-order valence-corrected chi connectivity index (χ3v) is 3.88. The summed E-state index contributed by atoms with van der Waals surface area (Å²) >= 11 is 0. The Labute approximate surface area is 123 Å². The van der Waals surface area contributed by atoms with Crippen molar-refractivity contribution in [2.24, 2.45) is 5.73 Å². The SMILES string of the molecule is COc1cccc(CC(N)c2ccc3c(c2)COC3)c1F. The van der Waals surface area contributed by atoms with E-state index in [0.29, 0.717) is 25.2 Å². The lowest BCUT2D eigenvalue weighted by Gasteiger charge is -2.15. The predicted molar refractivity (Wildman–Crippen MR) is 78.5 cm³/mol. The van der Waals surface area contributed by atoms with Gasteiger partial charge in [-0.25, -0.2) is 4.39 Å². The number of halogens is 1. The maximum absolute atomic E-state index is 14.2. The van der Waals surface area contributed by atoms with E-state index in [0.717, 1.165) is 5.56 Å². The molecule has 3 nitrogen and oxygen atoms in total. The third-order valence-electron chi connectivity index (χ3n) is 3.88. The Balaban J connectivity index is 1.82. The van der Waals surface area contributed by atoms with Crippen LogP contribution in [0, 0.1) is 5.82 Å². The van der Waals surface area contributed by atoms with E-state index >= 15 is 0 Å². The lowest BCUT2D eigenvalue weighted by Crippen LogP contribution is -2.14. The second-order valence-electron chi connectivity index (χ2n) is 5.26. The van der Waals surface area contributed by atoms with E-state index in [2.05, 4.69) is 6.07 Å². The first-order valence-electron chi connectivity index (χ1n) is 6.95. The van der Waals surface area contributed by atoms with E-state index < -0.39 is 0 Å². The molecule has 110 valence electrons. The number of nitrogens with two attached hydrogens (primary N) is 1. The van der Waals surface area contributed by atoms with E-state index in [-0.39, 0.29) is 17.6 Å². The van der Waals surface area contributed by atoms with Gasteiger partial charge in [0.1, 0.15) is 0 Å². The van der Waals surface area contributed by atoms with Gasteiger partial charge in [-0.05, 0) is 34.7 Å². The van der Waals surface area contributed by atoms with E-state index in [1.165, 1.54) is 18.2 Å². The van der Waals surface area contributed by atoms with Gasteiger partial charge in [0, 0.05) is 6.04 Å². The van der Waals surface area contributed by atoms with Crippen LogP contribution in [-0.2, 0) is 24.4 Å². The fourth-order valence-corrected chi connectivity index (χ4v) is 2.65. The molecule has 0 saturated carbocycles.